The van der Waals surface area contributed by atoms with Crippen LogP contribution in [-0.2, 0) is 11.2 Å². The van der Waals surface area contributed by atoms with Crippen LogP contribution in [0, 0.1) is 6.92 Å². The smallest absolute Gasteiger partial charge is 0.252 e. The van der Waals surface area contributed by atoms with Gasteiger partial charge in [0.1, 0.15) is 11.8 Å². The van der Waals surface area contributed by atoms with Gasteiger partial charge in [-0.3, -0.25) is 4.79 Å². The van der Waals surface area contributed by atoms with Crippen molar-refractivity contribution >= 4 is 17.4 Å². The summed E-state index contributed by atoms with van der Waals surface area (Å²) in [6.45, 7) is 3.90. The van der Waals surface area contributed by atoms with Crippen LogP contribution in [0.4, 0.5) is 11.5 Å². The fourth-order valence-electron chi connectivity index (χ4n) is 2.57. The van der Waals surface area contributed by atoms with Crippen LogP contribution in [0.2, 0.25) is 0 Å². The number of aryl methyl sites for hydroxylation is 2. The number of aromatic nitrogens is 1. The molecule has 2 aromatic carbocycles. The number of carbonyl (C=O) groups excluding carboxylic acids is 1. The van der Waals surface area contributed by atoms with Gasteiger partial charge in [0.2, 0.25) is 0 Å². The summed E-state index contributed by atoms with van der Waals surface area (Å²) in [5.74, 6) is 0.861. The summed E-state index contributed by atoms with van der Waals surface area (Å²) in [6.07, 6.45) is 0.981. The third-order valence-electron chi connectivity index (χ3n) is 3.95. The first-order chi connectivity index (χ1) is 12.2. The van der Waals surface area contributed by atoms with Crippen molar-refractivity contribution in [1.82, 2.24) is 5.16 Å². The Morgan fingerprint density at radius 3 is 2.44 bits per heavy atom. The third-order valence-corrected chi connectivity index (χ3v) is 3.95. The van der Waals surface area contributed by atoms with Crippen molar-refractivity contribution in [3.63, 3.8) is 0 Å². The van der Waals surface area contributed by atoms with Crippen LogP contribution in [0.1, 0.15) is 29.9 Å². The standard InChI is InChI=1S/C20H21N3O2/c1-3-15-9-11-17(12-10-15)21-19(16-7-5-4-6-8-16)20(24)22-18-13-14(2)25-23-18/h4-13,19,21H,3H2,1-2H3,(H,22,23,24)/t19-/m0/s1. The SMILES string of the molecule is CCc1ccc(N[C@H](C(=O)Nc2cc(C)on2)c2ccccc2)cc1. The van der Waals surface area contributed by atoms with Gasteiger partial charge in [-0.05, 0) is 36.6 Å². The van der Waals surface area contributed by atoms with Crippen molar-refractivity contribution in [2.24, 2.45) is 0 Å². The fourth-order valence-corrected chi connectivity index (χ4v) is 2.57. The minimum absolute atomic E-state index is 0.195. The molecule has 1 amide bonds. The Hall–Kier alpha value is -3.08. The lowest BCUT2D eigenvalue weighted by Gasteiger charge is -2.19. The largest absolute Gasteiger partial charge is 0.370 e. The zero-order chi connectivity index (χ0) is 17.6. The maximum atomic E-state index is 12.8. The number of carbonyl (C=O) groups is 1. The topological polar surface area (TPSA) is 67.2 Å². The van der Waals surface area contributed by atoms with Crippen LogP contribution in [0.5, 0.6) is 0 Å². The van der Waals surface area contributed by atoms with Crippen LogP contribution in [-0.4, -0.2) is 11.1 Å². The Kier molecular flexibility index (Phi) is 5.14. The fraction of sp³-hybridized carbons (Fsp3) is 0.200. The number of nitrogens with zero attached hydrogens (tertiary/aromatic N) is 1. The lowest BCUT2D eigenvalue weighted by atomic mass is 10.1. The van der Waals surface area contributed by atoms with Crippen molar-refractivity contribution in [2.75, 3.05) is 10.6 Å². The van der Waals surface area contributed by atoms with Crippen LogP contribution in [0.15, 0.2) is 65.2 Å². The Morgan fingerprint density at radius 1 is 1.12 bits per heavy atom. The van der Waals surface area contributed by atoms with E-state index in [1.54, 1.807) is 13.0 Å². The van der Waals surface area contributed by atoms with Gasteiger partial charge in [-0.1, -0.05) is 54.5 Å². The van der Waals surface area contributed by atoms with Crippen LogP contribution >= 0.6 is 0 Å². The highest BCUT2D eigenvalue weighted by Crippen LogP contribution is 2.22. The van der Waals surface area contributed by atoms with Crippen LogP contribution in [0.3, 0.4) is 0 Å². The molecule has 0 aliphatic rings. The molecule has 2 N–H and O–H groups in total. The van der Waals surface area contributed by atoms with E-state index in [9.17, 15) is 4.79 Å². The first-order valence-electron chi connectivity index (χ1n) is 8.30. The van der Waals surface area contributed by atoms with Crippen molar-refractivity contribution in [3.8, 4) is 0 Å². The van der Waals surface area contributed by atoms with Gasteiger partial charge in [-0.2, -0.15) is 0 Å². The molecule has 1 heterocycles. The van der Waals surface area contributed by atoms with E-state index in [-0.39, 0.29) is 5.91 Å². The highest BCUT2D eigenvalue weighted by Gasteiger charge is 2.21. The zero-order valence-corrected chi connectivity index (χ0v) is 14.3. The number of hydrogen-bond acceptors (Lipinski definition) is 4. The first kappa shape index (κ1) is 16.8. The van der Waals surface area contributed by atoms with Gasteiger partial charge in [0, 0.05) is 11.8 Å². The molecule has 0 saturated heterocycles. The molecule has 5 nitrogen and oxygen atoms in total. The number of amides is 1. The average molecular weight is 335 g/mol. The number of nitrogens with one attached hydrogen (secondary N) is 2. The second-order valence-electron chi connectivity index (χ2n) is 5.85. The number of hydrogen-bond donors (Lipinski definition) is 2. The van der Waals surface area contributed by atoms with E-state index in [0.29, 0.717) is 11.6 Å². The molecule has 0 aliphatic heterocycles. The predicted octanol–water partition coefficient (Wildman–Crippen LogP) is 4.34. The summed E-state index contributed by atoms with van der Waals surface area (Å²) in [5.41, 5.74) is 3.02. The van der Waals surface area contributed by atoms with Crippen molar-refractivity contribution in [1.29, 1.82) is 0 Å². The molecule has 0 saturated carbocycles. The van der Waals surface area contributed by atoms with Crippen LogP contribution < -0.4 is 10.6 Å². The van der Waals surface area contributed by atoms with Gasteiger partial charge in [0.05, 0.1) is 0 Å². The molecule has 1 atom stereocenters. The summed E-state index contributed by atoms with van der Waals surface area (Å²) in [6, 6.07) is 18.8. The second kappa shape index (κ2) is 7.66. The average Bonchev–Trinajstić information content (AvgIpc) is 3.05. The first-order valence-corrected chi connectivity index (χ1v) is 8.30. The Balaban J connectivity index is 1.82. The molecule has 25 heavy (non-hydrogen) atoms. The monoisotopic (exact) mass is 335 g/mol. The summed E-state index contributed by atoms with van der Waals surface area (Å²) in [7, 11) is 0. The minimum atomic E-state index is -0.536. The molecule has 0 bridgehead atoms. The number of rotatable bonds is 6. The Bertz CT molecular complexity index is 826. The Labute approximate surface area is 147 Å². The van der Waals surface area contributed by atoms with E-state index in [1.165, 1.54) is 5.56 Å². The molecule has 0 radical (unpaired) electrons. The van der Waals surface area contributed by atoms with Crippen molar-refractivity contribution < 1.29 is 9.32 Å². The lowest BCUT2D eigenvalue weighted by molar-refractivity contribution is -0.117. The summed E-state index contributed by atoms with van der Waals surface area (Å²) < 4.78 is 5.01. The molecule has 5 heteroatoms. The molecular formula is C20H21N3O2. The van der Waals surface area contributed by atoms with Gasteiger partial charge in [0.25, 0.3) is 5.91 Å². The maximum absolute atomic E-state index is 12.8. The molecule has 0 unspecified atom stereocenters. The van der Waals surface area contributed by atoms with Gasteiger partial charge >= 0.3 is 0 Å². The molecule has 1 aromatic heterocycles. The maximum Gasteiger partial charge on any atom is 0.252 e. The molecule has 3 rings (SSSR count). The minimum Gasteiger partial charge on any atom is -0.370 e. The van der Waals surface area contributed by atoms with E-state index in [0.717, 1.165) is 17.7 Å². The molecule has 0 fully saturated rings. The van der Waals surface area contributed by atoms with Gasteiger partial charge in [0.15, 0.2) is 5.82 Å². The van der Waals surface area contributed by atoms with E-state index in [2.05, 4.69) is 34.8 Å². The summed E-state index contributed by atoms with van der Waals surface area (Å²) >= 11 is 0. The third kappa shape index (κ3) is 4.26. The Morgan fingerprint density at radius 2 is 1.84 bits per heavy atom. The molecule has 0 aliphatic carbocycles. The number of benzene rings is 2. The zero-order valence-electron chi connectivity index (χ0n) is 14.3. The predicted molar refractivity (Wildman–Crippen MR) is 98.5 cm³/mol. The summed E-state index contributed by atoms with van der Waals surface area (Å²) in [4.78, 5) is 12.8. The normalized spacial score (nSPS) is 11.8. The van der Waals surface area contributed by atoms with E-state index in [4.69, 9.17) is 4.52 Å². The highest BCUT2D eigenvalue weighted by molar-refractivity contribution is 5.96. The number of anilines is 2. The van der Waals surface area contributed by atoms with Crippen molar-refractivity contribution in [2.45, 2.75) is 26.3 Å². The lowest BCUT2D eigenvalue weighted by Crippen LogP contribution is -2.27. The van der Waals surface area contributed by atoms with Crippen molar-refractivity contribution in [3.05, 3.63) is 77.6 Å². The highest BCUT2D eigenvalue weighted by atomic mass is 16.5. The van der Waals surface area contributed by atoms with E-state index >= 15 is 0 Å². The van der Waals surface area contributed by atoms with Gasteiger partial charge < -0.3 is 15.2 Å². The molecule has 128 valence electrons. The van der Waals surface area contributed by atoms with E-state index in [1.807, 2.05) is 42.5 Å². The van der Waals surface area contributed by atoms with Crippen LogP contribution in [0.25, 0.3) is 0 Å². The quantitative estimate of drug-likeness (QED) is 0.703. The van der Waals surface area contributed by atoms with E-state index < -0.39 is 6.04 Å². The van der Waals surface area contributed by atoms with Gasteiger partial charge in [-0.15, -0.1) is 0 Å². The van der Waals surface area contributed by atoms with Gasteiger partial charge in [-0.25, -0.2) is 0 Å². The molecular weight excluding hydrogens is 314 g/mol. The molecule has 0 spiro atoms. The second-order valence-corrected chi connectivity index (χ2v) is 5.85. The summed E-state index contributed by atoms with van der Waals surface area (Å²) in [5, 5.41) is 9.93. The molecule has 3 aromatic rings.